The van der Waals surface area contributed by atoms with Gasteiger partial charge in [0.05, 0.1) is 19.3 Å². The third kappa shape index (κ3) is 6.55. The second-order valence-electron chi connectivity index (χ2n) is 8.93. The van der Waals surface area contributed by atoms with Crippen LogP contribution in [0.4, 0.5) is 4.79 Å². The van der Waals surface area contributed by atoms with E-state index >= 15 is 0 Å². The Morgan fingerprint density at radius 2 is 1.54 bits per heavy atom. The van der Waals surface area contributed by atoms with Gasteiger partial charge >= 0.3 is 6.09 Å². The number of benzene rings is 4. The number of nitrogens with one attached hydrogen (secondary N) is 1. The first-order chi connectivity index (χ1) is 18.1. The number of hydrogen-bond donors (Lipinski definition) is 2. The van der Waals surface area contributed by atoms with Crippen LogP contribution >= 0.6 is 0 Å². The van der Waals surface area contributed by atoms with Crippen LogP contribution in [0, 0.1) is 0 Å². The Balaban J connectivity index is 1.26. The van der Waals surface area contributed by atoms with Crippen molar-refractivity contribution in [2.45, 2.75) is 25.4 Å². The number of amides is 1. The maximum atomic E-state index is 11.4. The van der Waals surface area contributed by atoms with Gasteiger partial charge in [0.1, 0.15) is 12.4 Å². The smallest absolute Gasteiger partial charge is 0.405 e. The van der Waals surface area contributed by atoms with Crippen LogP contribution < -0.4 is 10.1 Å². The van der Waals surface area contributed by atoms with Crippen LogP contribution in [0.15, 0.2) is 103 Å². The zero-order chi connectivity index (χ0) is 25.5. The van der Waals surface area contributed by atoms with Gasteiger partial charge in [0.15, 0.2) is 6.29 Å². The highest BCUT2D eigenvalue weighted by Gasteiger charge is 2.17. The van der Waals surface area contributed by atoms with Gasteiger partial charge in [-0.2, -0.15) is 0 Å². The molecule has 188 valence electrons. The minimum Gasteiger partial charge on any atom is -0.489 e. The first kappa shape index (κ1) is 24.6. The largest absolute Gasteiger partial charge is 0.489 e. The Kier molecular flexibility index (Phi) is 7.79. The van der Waals surface area contributed by atoms with Crippen molar-refractivity contribution in [1.29, 1.82) is 0 Å². The third-order valence-corrected chi connectivity index (χ3v) is 6.31. The highest BCUT2D eigenvalue weighted by molar-refractivity contribution is 5.66. The summed E-state index contributed by atoms with van der Waals surface area (Å²) in [7, 11) is 0. The quantitative estimate of drug-likeness (QED) is 0.289. The van der Waals surface area contributed by atoms with Crippen LogP contribution in [0.25, 0.3) is 11.1 Å². The van der Waals surface area contributed by atoms with E-state index in [2.05, 4.69) is 41.7 Å². The number of carbonyl (C=O) groups is 1. The van der Waals surface area contributed by atoms with Gasteiger partial charge in [-0.1, -0.05) is 84.9 Å². The fourth-order valence-corrected chi connectivity index (χ4v) is 4.47. The van der Waals surface area contributed by atoms with Crippen molar-refractivity contribution in [1.82, 2.24) is 5.32 Å². The molecule has 5 rings (SSSR count). The predicted molar refractivity (Wildman–Crippen MR) is 141 cm³/mol. The molecule has 0 bridgehead atoms. The third-order valence-electron chi connectivity index (χ3n) is 6.31. The molecule has 0 saturated carbocycles. The van der Waals surface area contributed by atoms with E-state index in [0.29, 0.717) is 25.6 Å². The van der Waals surface area contributed by atoms with Crippen molar-refractivity contribution in [3.63, 3.8) is 0 Å². The first-order valence-corrected chi connectivity index (χ1v) is 12.3. The number of hydrogen-bond acceptors (Lipinski definition) is 4. The lowest BCUT2D eigenvalue weighted by Gasteiger charge is -2.19. The SMILES string of the molecule is O=C(O)NC(c1ccccc1)c1cccc(OCc2cccc(-c3ccc(CC4OCCO4)cc3)c2)c1. The summed E-state index contributed by atoms with van der Waals surface area (Å²) in [5.41, 5.74) is 6.15. The molecular formula is C31H29NO5. The van der Waals surface area contributed by atoms with Crippen molar-refractivity contribution in [2.75, 3.05) is 13.2 Å². The van der Waals surface area contributed by atoms with Crippen LogP contribution in [-0.4, -0.2) is 30.7 Å². The summed E-state index contributed by atoms with van der Waals surface area (Å²) >= 11 is 0. The van der Waals surface area contributed by atoms with E-state index in [4.69, 9.17) is 14.2 Å². The Morgan fingerprint density at radius 3 is 2.30 bits per heavy atom. The molecule has 1 aliphatic heterocycles. The molecule has 4 aromatic carbocycles. The lowest BCUT2D eigenvalue weighted by atomic mass is 9.98. The lowest BCUT2D eigenvalue weighted by molar-refractivity contribution is -0.0399. The summed E-state index contributed by atoms with van der Waals surface area (Å²) in [5.74, 6) is 0.678. The average Bonchev–Trinajstić information content (AvgIpc) is 3.45. The summed E-state index contributed by atoms with van der Waals surface area (Å²) in [6, 6.07) is 33.3. The zero-order valence-corrected chi connectivity index (χ0v) is 20.4. The van der Waals surface area contributed by atoms with Gasteiger partial charge in [-0.25, -0.2) is 4.79 Å². The number of ether oxygens (including phenoxy) is 3. The van der Waals surface area contributed by atoms with E-state index in [1.807, 2.05) is 66.7 Å². The molecule has 0 aliphatic carbocycles. The molecule has 1 heterocycles. The Morgan fingerprint density at radius 1 is 0.811 bits per heavy atom. The van der Waals surface area contributed by atoms with E-state index in [1.54, 1.807) is 0 Å². The molecule has 6 heteroatoms. The molecule has 1 unspecified atom stereocenters. The topological polar surface area (TPSA) is 77.0 Å². The minimum absolute atomic E-state index is 0.146. The fraction of sp³-hybridized carbons (Fsp3) is 0.194. The van der Waals surface area contributed by atoms with Crippen LogP contribution in [0.5, 0.6) is 5.75 Å². The second kappa shape index (κ2) is 11.7. The molecular weight excluding hydrogens is 466 g/mol. The van der Waals surface area contributed by atoms with Gasteiger partial charge in [0.2, 0.25) is 0 Å². The van der Waals surface area contributed by atoms with Crippen molar-refractivity contribution in [2.24, 2.45) is 0 Å². The lowest BCUT2D eigenvalue weighted by Crippen LogP contribution is -2.27. The van der Waals surface area contributed by atoms with E-state index < -0.39 is 12.1 Å². The van der Waals surface area contributed by atoms with Crippen LogP contribution in [-0.2, 0) is 22.5 Å². The van der Waals surface area contributed by atoms with E-state index in [9.17, 15) is 9.90 Å². The first-order valence-electron chi connectivity index (χ1n) is 12.3. The van der Waals surface area contributed by atoms with Crippen molar-refractivity contribution in [3.8, 4) is 16.9 Å². The molecule has 1 amide bonds. The Bertz CT molecular complexity index is 1320. The van der Waals surface area contributed by atoms with Gasteiger partial charge in [-0.3, -0.25) is 0 Å². The Labute approximate surface area is 216 Å². The predicted octanol–water partition coefficient (Wildman–Crippen LogP) is 6.21. The van der Waals surface area contributed by atoms with Crippen molar-refractivity contribution >= 4 is 6.09 Å². The molecule has 0 aromatic heterocycles. The second-order valence-corrected chi connectivity index (χ2v) is 8.93. The highest BCUT2D eigenvalue weighted by atomic mass is 16.7. The van der Waals surface area contributed by atoms with E-state index in [0.717, 1.165) is 34.2 Å². The van der Waals surface area contributed by atoms with Crippen LogP contribution in [0.2, 0.25) is 0 Å². The molecule has 6 nitrogen and oxygen atoms in total. The Hall–Kier alpha value is -4.13. The molecule has 1 atom stereocenters. The molecule has 1 saturated heterocycles. The molecule has 1 aliphatic rings. The summed E-state index contributed by atoms with van der Waals surface area (Å²) in [4.78, 5) is 11.4. The normalized spacial score (nSPS) is 14.3. The molecule has 4 aromatic rings. The van der Waals surface area contributed by atoms with Crippen molar-refractivity contribution < 1.29 is 24.1 Å². The number of rotatable bonds is 9. The molecule has 1 fully saturated rings. The zero-order valence-electron chi connectivity index (χ0n) is 20.4. The van der Waals surface area contributed by atoms with Crippen LogP contribution in [0.1, 0.15) is 28.3 Å². The molecule has 37 heavy (non-hydrogen) atoms. The van der Waals surface area contributed by atoms with Gasteiger partial charge in [0, 0.05) is 6.42 Å². The maximum absolute atomic E-state index is 11.4. The highest BCUT2D eigenvalue weighted by Crippen LogP contribution is 2.27. The van der Waals surface area contributed by atoms with Gasteiger partial charge in [-0.05, 0) is 51.6 Å². The summed E-state index contributed by atoms with van der Waals surface area (Å²) in [6.07, 6.45) is -0.474. The monoisotopic (exact) mass is 495 g/mol. The summed E-state index contributed by atoms with van der Waals surface area (Å²) in [5, 5.41) is 12.0. The maximum Gasteiger partial charge on any atom is 0.405 e. The minimum atomic E-state index is -1.08. The summed E-state index contributed by atoms with van der Waals surface area (Å²) < 4.78 is 17.2. The van der Waals surface area contributed by atoms with Gasteiger partial charge < -0.3 is 24.6 Å². The van der Waals surface area contributed by atoms with Gasteiger partial charge in [0.25, 0.3) is 0 Å². The molecule has 0 spiro atoms. The molecule has 2 N–H and O–H groups in total. The van der Waals surface area contributed by atoms with Crippen molar-refractivity contribution in [3.05, 3.63) is 125 Å². The van der Waals surface area contributed by atoms with Gasteiger partial charge in [-0.15, -0.1) is 0 Å². The van der Waals surface area contributed by atoms with E-state index in [-0.39, 0.29) is 6.29 Å². The van der Waals surface area contributed by atoms with Crippen LogP contribution in [0.3, 0.4) is 0 Å². The summed E-state index contributed by atoms with van der Waals surface area (Å²) in [6.45, 7) is 1.72. The average molecular weight is 496 g/mol. The number of carboxylic acid groups (broad SMARTS) is 1. The standard InChI is InChI=1S/C31H29NO5/c33-31(34)32-30(25-7-2-1-3-8-25)27-10-5-11-28(20-27)37-21-23-6-4-9-26(18-23)24-14-12-22(13-15-24)19-29-35-16-17-36-29/h1-15,18,20,29-30,32H,16-17,19,21H2,(H,33,34). The van der Waals surface area contributed by atoms with E-state index in [1.165, 1.54) is 5.56 Å². The molecule has 0 radical (unpaired) electrons. The fourth-order valence-electron chi connectivity index (χ4n) is 4.47.